The van der Waals surface area contributed by atoms with Gasteiger partial charge in [0.25, 0.3) is 0 Å². The zero-order chi connectivity index (χ0) is 15.6. The fourth-order valence-electron chi connectivity index (χ4n) is 1.56. The number of methoxy groups -OCH3 is 1. The first kappa shape index (κ1) is 16.6. The molecule has 0 fully saturated rings. The number of rotatable bonds is 5. The highest BCUT2D eigenvalue weighted by Crippen LogP contribution is 2.18. The van der Waals surface area contributed by atoms with Crippen molar-refractivity contribution in [2.45, 2.75) is 31.2 Å². The number of hydrogen-bond donors (Lipinski definition) is 2. The van der Waals surface area contributed by atoms with Gasteiger partial charge in [0, 0.05) is 12.1 Å². The summed E-state index contributed by atoms with van der Waals surface area (Å²) >= 11 is 0. The summed E-state index contributed by atoms with van der Waals surface area (Å²) in [6.45, 7) is 5.22. The van der Waals surface area contributed by atoms with Crippen LogP contribution < -0.4 is 10.5 Å². The topological polar surface area (TPSA) is 98.5 Å². The molecule has 0 amide bonds. The van der Waals surface area contributed by atoms with Gasteiger partial charge < -0.3 is 10.5 Å². The van der Waals surface area contributed by atoms with Gasteiger partial charge in [-0.2, -0.15) is 0 Å². The van der Waals surface area contributed by atoms with Gasteiger partial charge in [-0.25, -0.2) is 17.9 Å². The molecule has 0 aliphatic carbocycles. The fourth-order valence-corrected chi connectivity index (χ4v) is 3.01. The molecule has 7 heteroatoms. The van der Waals surface area contributed by atoms with Crippen molar-refractivity contribution in [3.05, 3.63) is 29.3 Å². The minimum atomic E-state index is -3.75. The molecule has 1 aromatic rings. The molecule has 0 saturated carbocycles. The number of carbonyl (C=O) groups is 1. The lowest BCUT2D eigenvalue weighted by Gasteiger charge is -2.24. The van der Waals surface area contributed by atoms with Gasteiger partial charge in [-0.1, -0.05) is 6.07 Å². The third kappa shape index (κ3) is 3.78. The highest BCUT2D eigenvalue weighted by molar-refractivity contribution is 7.89. The second kappa shape index (κ2) is 5.90. The van der Waals surface area contributed by atoms with Gasteiger partial charge in [-0.05, 0) is 38.5 Å². The van der Waals surface area contributed by atoms with Gasteiger partial charge in [0.05, 0.1) is 17.6 Å². The van der Waals surface area contributed by atoms with Crippen LogP contribution in [0.25, 0.3) is 0 Å². The van der Waals surface area contributed by atoms with Crippen LogP contribution in [0.5, 0.6) is 0 Å². The quantitative estimate of drug-likeness (QED) is 0.784. The minimum absolute atomic E-state index is 0.00465. The molecule has 0 unspecified atom stereocenters. The standard InChI is InChI=1S/C13H20N2O4S/c1-9-5-6-10(7-11(9)12(16)19-4)20(17,18)15-13(2,3)8-14/h5-7,15H,8,14H2,1-4H3. The van der Waals surface area contributed by atoms with Gasteiger partial charge >= 0.3 is 5.97 Å². The third-order valence-electron chi connectivity index (χ3n) is 2.85. The van der Waals surface area contributed by atoms with E-state index in [1.54, 1.807) is 26.8 Å². The maximum Gasteiger partial charge on any atom is 0.338 e. The summed E-state index contributed by atoms with van der Waals surface area (Å²) in [5.74, 6) is -0.572. The van der Waals surface area contributed by atoms with Crippen molar-refractivity contribution >= 4 is 16.0 Å². The van der Waals surface area contributed by atoms with E-state index in [2.05, 4.69) is 9.46 Å². The van der Waals surface area contributed by atoms with Gasteiger partial charge in [-0.15, -0.1) is 0 Å². The molecule has 1 aromatic carbocycles. The van der Waals surface area contributed by atoms with Crippen molar-refractivity contribution in [1.82, 2.24) is 4.72 Å². The Morgan fingerprint density at radius 1 is 1.40 bits per heavy atom. The average molecular weight is 300 g/mol. The van der Waals surface area contributed by atoms with Gasteiger partial charge in [-0.3, -0.25) is 0 Å². The lowest BCUT2D eigenvalue weighted by molar-refractivity contribution is 0.0599. The number of carbonyl (C=O) groups excluding carboxylic acids is 1. The molecule has 0 saturated heterocycles. The molecule has 1 rings (SSSR count). The molecule has 0 spiro atoms. The first-order valence-electron chi connectivity index (χ1n) is 6.06. The Labute approximate surface area is 119 Å². The zero-order valence-corrected chi connectivity index (χ0v) is 12.9. The molecule has 0 aromatic heterocycles. The highest BCUT2D eigenvalue weighted by atomic mass is 32.2. The van der Waals surface area contributed by atoms with Crippen LogP contribution in [0, 0.1) is 6.92 Å². The van der Waals surface area contributed by atoms with Crippen LogP contribution in [0.1, 0.15) is 29.8 Å². The highest BCUT2D eigenvalue weighted by Gasteiger charge is 2.26. The number of ether oxygens (including phenoxy) is 1. The number of nitrogens with two attached hydrogens (primary N) is 1. The SMILES string of the molecule is COC(=O)c1cc(S(=O)(=O)NC(C)(C)CN)ccc1C. The van der Waals surface area contributed by atoms with E-state index in [9.17, 15) is 13.2 Å². The van der Waals surface area contributed by atoms with Crippen LogP contribution in [0.4, 0.5) is 0 Å². The number of aryl methyl sites for hydroxylation is 1. The van der Waals surface area contributed by atoms with E-state index in [0.717, 1.165) is 0 Å². The van der Waals surface area contributed by atoms with E-state index in [0.29, 0.717) is 5.56 Å². The molecule has 20 heavy (non-hydrogen) atoms. The second-order valence-corrected chi connectivity index (χ2v) is 6.84. The molecule has 0 aliphatic rings. The van der Waals surface area contributed by atoms with Crippen LogP contribution in [0.2, 0.25) is 0 Å². The summed E-state index contributed by atoms with van der Waals surface area (Å²) in [6.07, 6.45) is 0. The van der Waals surface area contributed by atoms with E-state index in [1.807, 2.05) is 0 Å². The van der Waals surface area contributed by atoms with E-state index in [-0.39, 0.29) is 17.0 Å². The Bertz CT molecular complexity index is 609. The van der Waals surface area contributed by atoms with Crippen LogP contribution in [0.15, 0.2) is 23.1 Å². The van der Waals surface area contributed by atoms with Crippen molar-refractivity contribution in [3.63, 3.8) is 0 Å². The summed E-state index contributed by atoms with van der Waals surface area (Å²) in [5.41, 5.74) is 5.62. The molecule has 0 atom stereocenters. The maximum atomic E-state index is 12.3. The van der Waals surface area contributed by atoms with E-state index in [1.165, 1.54) is 19.2 Å². The number of benzene rings is 1. The van der Waals surface area contributed by atoms with E-state index >= 15 is 0 Å². The van der Waals surface area contributed by atoms with E-state index < -0.39 is 21.5 Å². The van der Waals surface area contributed by atoms with Crippen molar-refractivity contribution < 1.29 is 17.9 Å². The summed E-state index contributed by atoms with van der Waals surface area (Å²) in [4.78, 5) is 11.6. The number of sulfonamides is 1. The molecule has 6 nitrogen and oxygen atoms in total. The average Bonchev–Trinajstić information content (AvgIpc) is 2.37. The molecular formula is C13H20N2O4S. The van der Waals surface area contributed by atoms with Crippen molar-refractivity contribution in [2.24, 2.45) is 5.73 Å². The van der Waals surface area contributed by atoms with Gasteiger partial charge in [0.1, 0.15) is 0 Å². The minimum Gasteiger partial charge on any atom is -0.465 e. The number of hydrogen-bond acceptors (Lipinski definition) is 5. The summed E-state index contributed by atoms with van der Waals surface area (Å²) < 4.78 is 31.7. The smallest absolute Gasteiger partial charge is 0.338 e. The maximum absolute atomic E-state index is 12.3. The second-order valence-electron chi connectivity index (χ2n) is 5.16. The molecule has 0 heterocycles. The molecule has 0 bridgehead atoms. The molecular weight excluding hydrogens is 280 g/mol. The fraction of sp³-hybridized carbons (Fsp3) is 0.462. The predicted octanol–water partition coefficient (Wildman–Crippen LogP) is 0.797. The molecule has 0 radical (unpaired) electrons. The van der Waals surface area contributed by atoms with Gasteiger partial charge in [0.2, 0.25) is 10.0 Å². The summed E-state index contributed by atoms with van der Waals surface area (Å²) in [5, 5.41) is 0. The van der Waals surface area contributed by atoms with Crippen molar-refractivity contribution in [2.75, 3.05) is 13.7 Å². The predicted molar refractivity (Wildman–Crippen MR) is 76.0 cm³/mol. The Balaban J connectivity index is 3.24. The summed E-state index contributed by atoms with van der Waals surface area (Å²) in [6, 6.07) is 4.31. The van der Waals surface area contributed by atoms with Crippen molar-refractivity contribution in [1.29, 1.82) is 0 Å². The van der Waals surface area contributed by atoms with Crippen LogP contribution in [-0.4, -0.2) is 33.6 Å². The van der Waals surface area contributed by atoms with Crippen LogP contribution >= 0.6 is 0 Å². The lowest BCUT2D eigenvalue weighted by atomic mass is 10.1. The Morgan fingerprint density at radius 3 is 2.50 bits per heavy atom. The Kier molecular flexibility index (Phi) is 4.90. The first-order valence-corrected chi connectivity index (χ1v) is 7.54. The normalized spacial score (nSPS) is 12.2. The van der Waals surface area contributed by atoms with Crippen LogP contribution in [-0.2, 0) is 14.8 Å². The lowest BCUT2D eigenvalue weighted by Crippen LogP contribution is -2.48. The third-order valence-corrected chi connectivity index (χ3v) is 4.54. The summed E-state index contributed by atoms with van der Waals surface area (Å²) in [7, 11) is -2.50. The van der Waals surface area contributed by atoms with Gasteiger partial charge in [0.15, 0.2) is 0 Å². The first-order chi connectivity index (χ1) is 9.13. The van der Waals surface area contributed by atoms with Crippen molar-refractivity contribution in [3.8, 4) is 0 Å². The zero-order valence-electron chi connectivity index (χ0n) is 12.1. The van der Waals surface area contributed by atoms with E-state index in [4.69, 9.17) is 5.73 Å². The monoisotopic (exact) mass is 300 g/mol. The van der Waals surface area contributed by atoms with Crippen LogP contribution in [0.3, 0.4) is 0 Å². The largest absolute Gasteiger partial charge is 0.465 e. The number of nitrogens with one attached hydrogen (secondary N) is 1. The molecule has 3 N–H and O–H groups in total. The Morgan fingerprint density at radius 2 is 2.00 bits per heavy atom. The molecule has 112 valence electrons. The number of esters is 1. The molecule has 0 aliphatic heterocycles. The Hall–Kier alpha value is -1.44.